The summed E-state index contributed by atoms with van der Waals surface area (Å²) >= 11 is 0. The van der Waals surface area contributed by atoms with E-state index in [1.54, 1.807) is 24.3 Å². The molecule has 1 aromatic carbocycles. The molecule has 0 aromatic heterocycles. The van der Waals surface area contributed by atoms with E-state index in [1.165, 1.54) is 25.3 Å². The maximum absolute atomic E-state index is 12.3. The Bertz CT molecular complexity index is 826. The molecule has 0 fully saturated rings. The average molecular weight is 412 g/mol. The number of nitrogens with one attached hydrogen (secondary N) is 1. The van der Waals surface area contributed by atoms with Crippen molar-refractivity contribution >= 4 is 23.7 Å². The first-order valence-corrected chi connectivity index (χ1v) is 10.6. The van der Waals surface area contributed by atoms with Crippen LogP contribution in [0.1, 0.15) is 72.6 Å². The lowest BCUT2D eigenvalue weighted by Gasteiger charge is -2.16. The number of rotatable bonds is 9. The summed E-state index contributed by atoms with van der Waals surface area (Å²) in [5.41, 5.74) is 2.15. The summed E-state index contributed by atoms with van der Waals surface area (Å²) < 4.78 is 5.18. The number of hydrogen-bond acceptors (Lipinski definition) is 5. The molecule has 7 nitrogen and oxygen atoms in total. The Morgan fingerprint density at radius 3 is 2.47 bits per heavy atom. The number of imide groups is 1. The summed E-state index contributed by atoms with van der Waals surface area (Å²) in [6.45, 7) is 2.21. The van der Waals surface area contributed by atoms with Gasteiger partial charge < -0.3 is 10.1 Å². The van der Waals surface area contributed by atoms with Crippen molar-refractivity contribution in [3.05, 3.63) is 47.0 Å². The van der Waals surface area contributed by atoms with E-state index in [2.05, 4.69) is 11.4 Å². The number of carbonyl (C=O) groups excluding carboxylic acids is 4. The van der Waals surface area contributed by atoms with Crippen molar-refractivity contribution in [3.63, 3.8) is 0 Å². The van der Waals surface area contributed by atoms with Crippen LogP contribution < -0.4 is 5.32 Å². The fourth-order valence-corrected chi connectivity index (χ4v) is 3.76. The number of benzene rings is 1. The predicted octanol–water partition coefficient (Wildman–Crippen LogP) is 3.00. The van der Waals surface area contributed by atoms with Crippen molar-refractivity contribution in [3.8, 4) is 0 Å². The fraction of sp³-hybridized carbons (Fsp3) is 0.478. The number of carbonyl (C=O) groups is 4. The Morgan fingerprint density at radius 1 is 1.13 bits per heavy atom. The third kappa shape index (κ3) is 5.34. The Labute approximate surface area is 176 Å². The van der Waals surface area contributed by atoms with Gasteiger partial charge in [0.25, 0.3) is 17.7 Å². The predicted molar refractivity (Wildman–Crippen MR) is 111 cm³/mol. The van der Waals surface area contributed by atoms with Crippen LogP contribution in [0.25, 0.3) is 0 Å². The highest BCUT2D eigenvalue weighted by molar-refractivity contribution is 6.21. The Balaban J connectivity index is 1.35. The van der Waals surface area contributed by atoms with Gasteiger partial charge >= 0.3 is 5.97 Å². The second-order valence-electron chi connectivity index (χ2n) is 7.69. The molecule has 3 amide bonds. The Hall–Kier alpha value is -2.96. The first kappa shape index (κ1) is 21.7. The van der Waals surface area contributed by atoms with Gasteiger partial charge in [-0.1, -0.05) is 23.8 Å². The van der Waals surface area contributed by atoms with Crippen LogP contribution in [0.15, 0.2) is 35.9 Å². The number of ether oxygens (including phenoxy) is 1. The lowest BCUT2D eigenvalue weighted by Crippen LogP contribution is -2.36. The number of esters is 1. The molecule has 1 aliphatic carbocycles. The number of amides is 3. The van der Waals surface area contributed by atoms with Crippen LogP contribution in [0, 0.1) is 0 Å². The zero-order valence-electron chi connectivity index (χ0n) is 17.3. The molecular weight excluding hydrogens is 384 g/mol. The first-order valence-electron chi connectivity index (χ1n) is 10.6. The smallest absolute Gasteiger partial charge is 0.306 e. The molecule has 0 saturated carbocycles. The number of fused-ring (bicyclic) bond motifs is 1. The van der Waals surface area contributed by atoms with Crippen LogP contribution in [0.4, 0.5) is 0 Å². The largest absolute Gasteiger partial charge is 0.453 e. The molecule has 1 atom stereocenters. The quantitative estimate of drug-likeness (QED) is 0.382. The number of hydrogen-bond donors (Lipinski definition) is 1. The van der Waals surface area contributed by atoms with E-state index in [4.69, 9.17) is 4.74 Å². The molecule has 30 heavy (non-hydrogen) atoms. The van der Waals surface area contributed by atoms with Crippen molar-refractivity contribution in [2.24, 2.45) is 0 Å². The molecule has 2 aliphatic rings. The van der Waals surface area contributed by atoms with E-state index >= 15 is 0 Å². The third-order valence-electron chi connectivity index (χ3n) is 5.45. The highest BCUT2D eigenvalue weighted by Crippen LogP contribution is 2.22. The van der Waals surface area contributed by atoms with Gasteiger partial charge in [-0.3, -0.25) is 24.1 Å². The molecule has 0 bridgehead atoms. The van der Waals surface area contributed by atoms with Crippen molar-refractivity contribution in [2.75, 3.05) is 13.1 Å². The molecule has 1 N–H and O–H groups in total. The van der Waals surface area contributed by atoms with E-state index < -0.39 is 12.1 Å². The van der Waals surface area contributed by atoms with Gasteiger partial charge in [0, 0.05) is 19.5 Å². The fourth-order valence-electron chi connectivity index (χ4n) is 3.76. The van der Waals surface area contributed by atoms with Crippen molar-refractivity contribution in [2.45, 2.75) is 58.0 Å². The summed E-state index contributed by atoms with van der Waals surface area (Å²) in [6, 6.07) is 6.66. The minimum Gasteiger partial charge on any atom is -0.453 e. The minimum atomic E-state index is -0.878. The molecule has 0 unspecified atom stereocenters. The molecule has 1 aliphatic heterocycles. The van der Waals surface area contributed by atoms with Gasteiger partial charge in [0.1, 0.15) is 0 Å². The lowest BCUT2D eigenvalue weighted by atomic mass is 9.97. The van der Waals surface area contributed by atoms with Crippen LogP contribution in [0.2, 0.25) is 0 Å². The standard InChI is InChI=1S/C23H28N2O5/c1-16(21(27)24-14-13-17-8-3-2-4-9-17)30-20(26)12-7-15-25-22(28)18-10-5-6-11-19(18)23(25)29/h5-6,8,10-11,16H,2-4,7,9,12-15H2,1H3,(H,24,27)/t16-/m0/s1. The normalized spacial score (nSPS) is 16.7. The average Bonchev–Trinajstić information content (AvgIpc) is 2.99. The summed E-state index contributed by atoms with van der Waals surface area (Å²) in [7, 11) is 0. The highest BCUT2D eigenvalue weighted by Gasteiger charge is 2.34. The SMILES string of the molecule is C[C@H](OC(=O)CCCN1C(=O)c2ccccc2C1=O)C(=O)NCCC1=CCCCC1. The van der Waals surface area contributed by atoms with Crippen molar-refractivity contribution < 1.29 is 23.9 Å². The monoisotopic (exact) mass is 412 g/mol. The van der Waals surface area contributed by atoms with Gasteiger partial charge in [0.05, 0.1) is 11.1 Å². The van der Waals surface area contributed by atoms with E-state index in [0.717, 1.165) is 24.2 Å². The van der Waals surface area contributed by atoms with E-state index in [0.29, 0.717) is 17.7 Å². The van der Waals surface area contributed by atoms with Gasteiger partial charge in [-0.2, -0.15) is 0 Å². The second-order valence-corrected chi connectivity index (χ2v) is 7.69. The van der Waals surface area contributed by atoms with Crippen LogP contribution in [0.3, 0.4) is 0 Å². The van der Waals surface area contributed by atoms with Crippen LogP contribution >= 0.6 is 0 Å². The summed E-state index contributed by atoms with van der Waals surface area (Å²) in [5, 5.41) is 2.80. The Kier molecular flexibility index (Phi) is 7.38. The molecular formula is C23H28N2O5. The summed E-state index contributed by atoms with van der Waals surface area (Å²) in [4.78, 5) is 49.9. The first-order chi connectivity index (χ1) is 14.5. The second kappa shape index (κ2) is 10.2. The molecule has 0 saturated heterocycles. The van der Waals surface area contributed by atoms with E-state index in [9.17, 15) is 19.2 Å². The molecule has 1 heterocycles. The highest BCUT2D eigenvalue weighted by atomic mass is 16.5. The van der Waals surface area contributed by atoms with Crippen LogP contribution in [-0.4, -0.2) is 47.8 Å². The number of nitrogens with zero attached hydrogens (tertiary/aromatic N) is 1. The van der Waals surface area contributed by atoms with Gasteiger partial charge in [-0.15, -0.1) is 0 Å². The molecule has 1 aromatic rings. The maximum Gasteiger partial charge on any atom is 0.306 e. The molecule has 160 valence electrons. The molecule has 7 heteroatoms. The zero-order chi connectivity index (χ0) is 21.5. The molecule has 0 radical (unpaired) electrons. The van der Waals surface area contributed by atoms with Gasteiger partial charge in [0.2, 0.25) is 0 Å². The molecule has 3 rings (SSSR count). The number of allylic oxidation sites excluding steroid dienone is 1. The molecule has 0 spiro atoms. The minimum absolute atomic E-state index is 0.0257. The van der Waals surface area contributed by atoms with E-state index in [-0.39, 0.29) is 37.1 Å². The van der Waals surface area contributed by atoms with Crippen LogP contribution in [0.5, 0.6) is 0 Å². The topological polar surface area (TPSA) is 92.8 Å². The van der Waals surface area contributed by atoms with Crippen LogP contribution in [-0.2, 0) is 14.3 Å². The Morgan fingerprint density at radius 2 is 1.83 bits per heavy atom. The van der Waals surface area contributed by atoms with Gasteiger partial charge in [-0.05, 0) is 57.6 Å². The third-order valence-corrected chi connectivity index (χ3v) is 5.45. The maximum atomic E-state index is 12.3. The van der Waals surface area contributed by atoms with Gasteiger partial charge in [-0.25, -0.2) is 0 Å². The van der Waals surface area contributed by atoms with Gasteiger partial charge in [0.15, 0.2) is 6.10 Å². The summed E-state index contributed by atoms with van der Waals surface area (Å²) in [5.74, 6) is -1.53. The van der Waals surface area contributed by atoms with Crippen molar-refractivity contribution in [1.82, 2.24) is 10.2 Å². The van der Waals surface area contributed by atoms with E-state index in [1.807, 2.05) is 0 Å². The summed E-state index contributed by atoms with van der Waals surface area (Å²) in [6.07, 6.45) is 7.14. The zero-order valence-corrected chi connectivity index (χ0v) is 17.3. The van der Waals surface area contributed by atoms with Crippen molar-refractivity contribution in [1.29, 1.82) is 0 Å². The lowest BCUT2D eigenvalue weighted by molar-refractivity contribution is -0.154.